The van der Waals surface area contributed by atoms with E-state index in [4.69, 9.17) is 0 Å². The second-order valence-corrected chi connectivity index (χ2v) is 9.80. The summed E-state index contributed by atoms with van der Waals surface area (Å²) in [4.78, 5) is 9.97. The third kappa shape index (κ3) is 4.94. The summed E-state index contributed by atoms with van der Waals surface area (Å²) in [5.41, 5.74) is 0.473. The van der Waals surface area contributed by atoms with Crippen LogP contribution in [0.1, 0.15) is 56.0 Å². The van der Waals surface area contributed by atoms with Gasteiger partial charge in [0, 0.05) is 30.9 Å². The largest absolute Gasteiger partial charge is 0.389 e. The van der Waals surface area contributed by atoms with Crippen molar-refractivity contribution in [2.45, 2.75) is 57.0 Å². The summed E-state index contributed by atoms with van der Waals surface area (Å²) in [5, 5.41) is 11.5. The molecule has 0 saturated heterocycles. The molecule has 2 atom stereocenters. The minimum atomic E-state index is -3.27. The fraction of sp³-hybridized carbons (Fsp3) is 0.500. The first-order valence-corrected chi connectivity index (χ1v) is 11.6. The minimum Gasteiger partial charge on any atom is -0.389 e. The number of aliphatic hydroxyl groups is 1. The molecule has 0 bridgehead atoms. The van der Waals surface area contributed by atoms with Crippen LogP contribution in [0.15, 0.2) is 42.5 Å². The summed E-state index contributed by atoms with van der Waals surface area (Å²) in [6.07, 6.45) is 1.19. The molecule has 4 rings (SSSR count). The Balaban J connectivity index is 1.40. The molecule has 1 aliphatic rings. The zero-order valence-electron chi connectivity index (χ0n) is 19.4. The summed E-state index contributed by atoms with van der Waals surface area (Å²) < 4.78 is 43.6. The highest BCUT2D eigenvalue weighted by molar-refractivity contribution is 5.74. The summed E-state index contributed by atoms with van der Waals surface area (Å²) in [5.74, 6) is -3.55. The number of para-hydroxylation sites is 2. The van der Waals surface area contributed by atoms with Gasteiger partial charge < -0.3 is 15.0 Å². The van der Waals surface area contributed by atoms with Gasteiger partial charge in [0.15, 0.2) is 0 Å². The fourth-order valence-electron chi connectivity index (χ4n) is 5.36. The number of aryl methyl sites for hydroxylation is 1. The number of aromatic amines is 1. The van der Waals surface area contributed by atoms with E-state index in [-0.39, 0.29) is 17.9 Å². The average Bonchev–Trinajstić information content (AvgIpc) is 3.15. The Morgan fingerprint density at radius 3 is 2.67 bits per heavy atom. The van der Waals surface area contributed by atoms with E-state index in [1.807, 2.05) is 45.2 Å². The first kappa shape index (κ1) is 23.8. The molecule has 0 spiro atoms. The SMILES string of the molecule is CC(C)C1c2ccc(F)cc2C(F)(F)CC1(O)CCN(C)CCCc1nc2ccccc2[nH]1. The fourth-order valence-corrected chi connectivity index (χ4v) is 5.36. The Bertz CT molecular complexity index is 1080. The normalized spacial score (nSPS) is 22.3. The third-order valence-corrected chi connectivity index (χ3v) is 6.84. The van der Waals surface area contributed by atoms with E-state index in [1.165, 1.54) is 12.1 Å². The number of nitrogens with zero attached hydrogens (tertiary/aromatic N) is 2. The van der Waals surface area contributed by atoms with Crippen molar-refractivity contribution in [3.8, 4) is 0 Å². The maximum absolute atomic E-state index is 15.0. The topological polar surface area (TPSA) is 52.1 Å². The van der Waals surface area contributed by atoms with Crippen molar-refractivity contribution in [3.63, 3.8) is 0 Å². The van der Waals surface area contributed by atoms with Crippen molar-refractivity contribution in [2.24, 2.45) is 5.92 Å². The van der Waals surface area contributed by atoms with E-state index in [9.17, 15) is 18.3 Å². The van der Waals surface area contributed by atoms with Crippen molar-refractivity contribution >= 4 is 11.0 Å². The number of fused-ring (bicyclic) bond motifs is 2. The molecule has 1 heterocycles. The van der Waals surface area contributed by atoms with Crippen LogP contribution in [0.4, 0.5) is 13.2 Å². The van der Waals surface area contributed by atoms with Gasteiger partial charge in [-0.15, -0.1) is 0 Å². The molecule has 2 N–H and O–H groups in total. The van der Waals surface area contributed by atoms with Gasteiger partial charge in [-0.25, -0.2) is 18.2 Å². The van der Waals surface area contributed by atoms with Crippen molar-refractivity contribution < 1.29 is 18.3 Å². The van der Waals surface area contributed by atoms with Crippen LogP contribution in [0.5, 0.6) is 0 Å². The Morgan fingerprint density at radius 2 is 1.94 bits per heavy atom. The number of benzene rings is 2. The van der Waals surface area contributed by atoms with Crippen molar-refractivity contribution in [1.29, 1.82) is 0 Å². The first-order valence-electron chi connectivity index (χ1n) is 11.6. The van der Waals surface area contributed by atoms with Crippen LogP contribution in [0, 0.1) is 11.7 Å². The van der Waals surface area contributed by atoms with Crippen molar-refractivity contribution in [2.75, 3.05) is 20.1 Å². The molecule has 3 aromatic rings. The molecule has 0 radical (unpaired) electrons. The van der Waals surface area contributed by atoms with E-state index >= 15 is 0 Å². The molecule has 0 amide bonds. The van der Waals surface area contributed by atoms with Gasteiger partial charge >= 0.3 is 0 Å². The van der Waals surface area contributed by atoms with Gasteiger partial charge in [0.25, 0.3) is 5.92 Å². The number of alkyl halides is 2. The minimum absolute atomic E-state index is 0.0614. The van der Waals surface area contributed by atoms with Crippen molar-refractivity contribution in [1.82, 2.24) is 14.9 Å². The molecular formula is C26H32F3N3O. The molecule has 4 nitrogen and oxygen atoms in total. The Labute approximate surface area is 192 Å². The van der Waals surface area contributed by atoms with Gasteiger partial charge in [0.05, 0.1) is 16.6 Å². The molecular weight excluding hydrogens is 427 g/mol. The van der Waals surface area contributed by atoms with Crippen LogP contribution in [0.3, 0.4) is 0 Å². The van der Waals surface area contributed by atoms with Gasteiger partial charge in [-0.3, -0.25) is 0 Å². The predicted molar refractivity (Wildman–Crippen MR) is 124 cm³/mol. The van der Waals surface area contributed by atoms with Crippen LogP contribution in [-0.4, -0.2) is 45.7 Å². The number of nitrogens with one attached hydrogen (secondary N) is 1. The first-order chi connectivity index (χ1) is 15.6. The highest BCUT2D eigenvalue weighted by Crippen LogP contribution is 2.53. The van der Waals surface area contributed by atoms with Gasteiger partial charge in [-0.05, 0) is 62.2 Å². The lowest BCUT2D eigenvalue weighted by Gasteiger charge is -2.47. The lowest BCUT2D eigenvalue weighted by Crippen LogP contribution is -2.49. The van der Waals surface area contributed by atoms with Crippen LogP contribution >= 0.6 is 0 Å². The second-order valence-electron chi connectivity index (χ2n) is 9.80. The summed E-state index contributed by atoms with van der Waals surface area (Å²) in [7, 11) is 1.94. The number of halogens is 3. The van der Waals surface area contributed by atoms with Gasteiger partial charge in [0.1, 0.15) is 11.6 Å². The van der Waals surface area contributed by atoms with Crippen LogP contribution < -0.4 is 0 Å². The lowest BCUT2D eigenvalue weighted by atomic mass is 9.64. The Morgan fingerprint density at radius 1 is 1.18 bits per heavy atom. The maximum atomic E-state index is 15.0. The zero-order valence-corrected chi connectivity index (χ0v) is 19.4. The molecule has 178 valence electrons. The number of hydrogen-bond donors (Lipinski definition) is 2. The molecule has 33 heavy (non-hydrogen) atoms. The molecule has 0 aliphatic heterocycles. The quantitative estimate of drug-likeness (QED) is 0.460. The van der Waals surface area contributed by atoms with E-state index in [1.54, 1.807) is 0 Å². The van der Waals surface area contributed by atoms with Crippen molar-refractivity contribution in [3.05, 3.63) is 65.2 Å². The standard InChI is InChI=1S/C26H32F3N3O/c1-17(2)24-19-11-10-18(27)15-20(19)26(28,29)16-25(24,33)12-14-32(3)13-6-9-23-30-21-7-4-5-8-22(21)31-23/h4-5,7-8,10-11,15,17,24,33H,6,9,12-14,16H2,1-3H3,(H,30,31). The molecule has 7 heteroatoms. The van der Waals surface area contributed by atoms with E-state index in [2.05, 4.69) is 14.9 Å². The lowest BCUT2D eigenvalue weighted by molar-refractivity contribution is -0.131. The van der Waals surface area contributed by atoms with E-state index in [0.29, 0.717) is 12.1 Å². The summed E-state index contributed by atoms with van der Waals surface area (Å²) in [6.45, 7) is 5.09. The molecule has 2 aromatic carbocycles. The highest BCUT2D eigenvalue weighted by atomic mass is 19.3. The van der Waals surface area contributed by atoms with Crippen LogP contribution in [0.25, 0.3) is 11.0 Å². The second kappa shape index (κ2) is 9.11. The van der Waals surface area contributed by atoms with Crippen LogP contribution in [0.2, 0.25) is 0 Å². The summed E-state index contributed by atoms with van der Waals surface area (Å²) >= 11 is 0. The predicted octanol–water partition coefficient (Wildman–Crippen LogP) is 5.62. The Kier molecular flexibility index (Phi) is 6.56. The van der Waals surface area contributed by atoms with Gasteiger partial charge in [-0.1, -0.05) is 32.0 Å². The molecule has 0 fully saturated rings. The third-order valence-electron chi connectivity index (χ3n) is 6.84. The molecule has 0 saturated carbocycles. The Hall–Kier alpha value is -2.38. The van der Waals surface area contributed by atoms with Gasteiger partial charge in [0.2, 0.25) is 0 Å². The smallest absolute Gasteiger partial charge is 0.276 e. The van der Waals surface area contributed by atoms with Gasteiger partial charge in [-0.2, -0.15) is 0 Å². The number of hydrogen-bond acceptors (Lipinski definition) is 3. The zero-order chi connectivity index (χ0) is 23.8. The average molecular weight is 460 g/mol. The molecule has 1 aromatic heterocycles. The van der Waals surface area contributed by atoms with E-state index < -0.39 is 29.7 Å². The van der Waals surface area contributed by atoms with Crippen LogP contribution in [-0.2, 0) is 12.3 Å². The maximum Gasteiger partial charge on any atom is 0.276 e. The number of aromatic nitrogens is 2. The monoisotopic (exact) mass is 459 g/mol. The summed E-state index contributed by atoms with van der Waals surface area (Å²) in [6, 6.07) is 11.5. The molecule has 2 unspecified atom stereocenters. The van der Waals surface area contributed by atoms with E-state index in [0.717, 1.165) is 42.3 Å². The number of H-pyrrole nitrogens is 1. The highest BCUT2D eigenvalue weighted by Gasteiger charge is 2.54. The molecule has 1 aliphatic carbocycles. The number of imidazole rings is 1. The number of rotatable bonds is 8.